The number of hydrogen-bond acceptors (Lipinski definition) is 4. The zero-order chi connectivity index (χ0) is 12.5. The summed E-state index contributed by atoms with van der Waals surface area (Å²) in [5, 5.41) is 7.86. The minimum absolute atomic E-state index is 0.0125. The molecule has 0 saturated carbocycles. The summed E-state index contributed by atoms with van der Waals surface area (Å²) in [6, 6.07) is 3.72. The Morgan fingerprint density at radius 3 is 2.76 bits per heavy atom. The van der Waals surface area contributed by atoms with Gasteiger partial charge in [-0.25, -0.2) is 4.79 Å². The number of carbonyl (C=O) groups is 1. The molecule has 0 bridgehead atoms. The third-order valence-corrected chi connectivity index (χ3v) is 2.58. The van der Waals surface area contributed by atoms with Crippen molar-refractivity contribution in [1.82, 2.24) is 15.1 Å². The van der Waals surface area contributed by atoms with Crippen LogP contribution in [0.5, 0.6) is 0 Å². The molecule has 0 radical (unpaired) electrons. The minimum atomic E-state index is -0.459. The Labute approximate surface area is 101 Å². The molecule has 1 atom stereocenters. The van der Waals surface area contributed by atoms with Crippen LogP contribution in [0.25, 0.3) is 0 Å². The van der Waals surface area contributed by atoms with Gasteiger partial charge in [-0.1, -0.05) is 0 Å². The summed E-state index contributed by atoms with van der Waals surface area (Å²) in [6.07, 6.45) is 2.26. The molecule has 0 spiro atoms. The Kier molecular flexibility index (Phi) is 3.00. The molecular weight excluding hydrogens is 218 g/mol. The van der Waals surface area contributed by atoms with Crippen molar-refractivity contribution in [2.45, 2.75) is 38.8 Å². The summed E-state index contributed by atoms with van der Waals surface area (Å²) in [4.78, 5) is 13.6. The van der Waals surface area contributed by atoms with Crippen LogP contribution in [-0.2, 0) is 4.74 Å². The van der Waals surface area contributed by atoms with Gasteiger partial charge in [-0.2, -0.15) is 10.2 Å². The number of ether oxygens (including phenoxy) is 1. The van der Waals surface area contributed by atoms with E-state index < -0.39 is 5.60 Å². The quantitative estimate of drug-likeness (QED) is 0.748. The fourth-order valence-electron chi connectivity index (χ4n) is 1.73. The number of carbonyl (C=O) groups excluding carboxylic acids is 1. The summed E-state index contributed by atoms with van der Waals surface area (Å²) >= 11 is 0. The molecule has 2 rings (SSSR count). The largest absolute Gasteiger partial charge is 0.444 e. The maximum absolute atomic E-state index is 11.9. The zero-order valence-corrected chi connectivity index (χ0v) is 10.4. The normalized spacial score (nSPS) is 19.7. The molecule has 17 heavy (non-hydrogen) atoms. The van der Waals surface area contributed by atoms with Gasteiger partial charge in [-0.15, -0.1) is 0 Å². The standard InChI is InChI=1S/C12H17N3O2/c1-12(2,3)17-11(16)15-8-6-10(15)9-5-4-7-13-14-9/h4-5,7,10H,6,8H2,1-3H3. The van der Waals surface area contributed by atoms with Crippen LogP contribution in [-0.4, -0.2) is 33.3 Å². The van der Waals surface area contributed by atoms with E-state index in [0.29, 0.717) is 0 Å². The van der Waals surface area contributed by atoms with Gasteiger partial charge >= 0.3 is 6.09 Å². The Bertz CT molecular complexity index is 400. The van der Waals surface area contributed by atoms with Gasteiger partial charge in [-0.3, -0.25) is 4.90 Å². The molecule has 92 valence electrons. The van der Waals surface area contributed by atoms with Crippen molar-refractivity contribution in [2.24, 2.45) is 0 Å². The van der Waals surface area contributed by atoms with Gasteiger partial charge in [0.15, 0.2) is 0 Å². The number of nitrogens with zero attached hydrogens (tertiary/aromatic N) is 3. The van der Waals surface area contributed by atoms with Crippen LogP contribution < -0.4 is 0 Å². The highest BCUT2D eigenvalue weighted by Crippen LogP contribution is 2.32. The SMILES string of the molecule is CC(C)(C)OC(=O)N1CCC1c1cccnn1. The number of amides is 1. The molecular formula is C12H17N3O2. The molecule has 0 N–H and O–H groups in total. The van der Waals surface area contributed by atoms with Crippen LogP contribution in [0.1, 0.15) is 38.9 Å². The van der Waals surface area contributed by atoms with Crippen LogP contribution in [0, 0.1) is 0 Å². The second-order valence-corrected chi connectivity index (χ2v) is 5.13. The summed E-state index contributed by atoms with van der Waals surface area (Å²) in [5.74, 6) is 0. The van der Waals surface area contributed by atoms with Crippen molar-refractivity contribution in [3.05, 3.63) is 24.0 Å². The van der Waals surface area contributed by atoms with Gasteiger partial charge in [0.05, 0.1) is 11.7 Å². The summed E-state index contributed by atoms with van der Waals surface area (Å²) in [5.41, 5.74) is 0.365. The minimum Gasteiger partial charge on any atom is -0.444 e. The average molecular weight is 235 g/mol. The fourth-order valence-corrected chi connectivity index (χ4v) is 1.73. The predicted molar refractivity (Wildman–Crippen MR) is 62.3 cm³/mol. The van der Waals surface area contributed by atoms with E-state index in [-0.39, 0.29) is 12.1 Å². The molecule has 1 aromatic heterocycles. The number of aromatic nitrogens is 2. The lowest BCUT2D eigenvalue weighted by Crippen LogP contribution is -2.47. The molecule has 5 nitrogen and oxygen atoms in total. The fraction of sp³-hybridized carbons (Fsp3) is 0.583. The summed E-state index contributed by atoms with van der Waals surface area (Å²) < 4.78 is 5.33. The van der Waals surface area contributed by atoms with E-state index in [4.69, 9.17) is 4.74 Å². The Morgan fingerprint density at radius 2 is 2.29 bits per heavy atom. The molecule has 1 saturated heterocycles. The molecule has 1 aliphatic rings. The highest BCUT2D eigenvalue weighted by atomic mass is 16.6. The highest BCUT2D eigenvalue weighted by molar-refractivity contribution is 5.69. The van der Waals surface area contributed by atoms with Gasteiger partial charge in [0.25, 0.3) is 0 Å². The Morgan fingerprint density at radius 1 is 1.53 bits per heavy atom. The van der Waals surface area contributed by atoms with Crippen molar-refractivity contribution in [3.8, 4) is 0 Å². The first kappa shape index (κ1) is 11.8. The van der Waals surface area contributed by atoms with Crippen LogP contribution in [0.3, 0.4) is 0 Å². The monoisotopic (exact) mass is 235 g/mol. The lowest BCUT2D eigenvalue weighted by Gasteiger charge is -2.40. The van der Waals surface area contributed by atoms with Crippen LogP contribution in [0.2, 0.25) is 0 Å². The van der Waals surface area contributed by atoms with Gasteiger partial charge < -0.3 is 4.74 Å². The lowest BCUT2D eigenvalue weighted by molar-refractivity contribution is -0.00667. The molecule has 1 fully saturated rings. The molecule has 1 aromatic rings. The van der Waals surface area contributed by atoms with Crippen molar-refractivity contribution in [1.29, 1.82) is 0 Å². The number of rotatable bonds is 1. The van der Waals surface area contributed by atoms with Crippen LogP contribution in [0.4, 0.5) is 4.79 Å². The summed E-state index contributed by atoms with van der Waals surface area (Å²) in [6.45, 7) is 6.31. The predicted octanol–water partition coefficient (Wildman–Crippen LogP) is 2.16. The van der Waals surface area contributed by atoms with Crippen molar-refractivity contribution < 1.29 is 9.53 Å². The molecule has 2 heterocycles. The second kappa shape index (κ2) is 4.31. The Balaban J connectivity index is 2.02. The zero-order valence-electron chi connectivity index (χ0n) is 10.4. The van der Waals surface area contributed by atoms with Crippen LogP contribution >= 0.6 is 0 Å². The molecule has 0 aromatic carbocycles. The number of likely N-dealkylation sites (tertiary alicyclic amines) is 1. The smallest absolute Gasteiger partial charge is 0.410 e. The lowest BCUT2D eigenvalue weighted by atomic mass is 10.0. The van der Waals surface area contributed by atoms with Crippen molar-refractivity contribution in [2.75, 3.05) is 6.54 Å². The van der Waals surface area contributed by atoms with Crippen LogP contribution in [0.15, 0.2) is 18.3 Å². The van der Waals surface area contributed by atoms with E-state index in [1.165, 1.54) is 0 Å². The molecule has 1 amide bonds. The van der Waals surface area contributed by atoms with Crippen molar-refractivity contribution >= 4 is 6.09 Å². The van der Waals surface area contributed by atoms with E-state index in [9.17, 15) is 4.79 Å². The first-order valence-electron chi connectivity index (χ1n) is 5.74. The van der Waals surface area contributed by atoms with Gasteiger partial charge in [0.2, 0.25) is 0 Å². The Hall–Kier alpha value is -1.65. The topological polar surface area (TPSA) is 55.3 Å². The highest BCUT2D eigenvalue weighted by Gasteiger charge is 2.37. The maximum atomic E-state index is 11.9. The van der Waals surface area contributed by atoms with Gasteiger partial charge in [0.1, 0.15) is 5.60 Å². The third kappa shape index (κ3) is 2.72. The van der Waals surface area contributed by atoms with Crippen molar-refractivity contribution in [3.63, 3.8) is 0 Å². The second-order valence-electron chi connectivity index (χ2n) is 5.13. The van der Waals surface area contributed by atoms with E-state index in [2.05, 4.69) is 10.2 Å². The maximum Gasteiger partial charge on any atom is 0.410 e. The van der Waals surface area contributed by atoms with E-state index >= 15 is 0 Å². The summed E-state index contributed by atoms with van der Waals surface area (Å²) in [7, 11) is 0. The van der Waals surface area contributed by atoms with E-state index in [1.807, 2.05) is 32.9 Å². The first-order chi connectivity index (χ1) is 7.97. The van der Waals surface area contributed by atoms with E-state index in [0.717, 1.165) is 18.7 Å². The van der Waals surface area contributed by atoms with Gasteiger partial charge in [0, 0.05) is 12.7 Å². The first-order valence-corrected chi connectivity index (χ1v) is 5.74. The van der Waals surface area contributed by atoms with Gasteiger partial charge in [-0.05, 0) is 39.3 Å². The van der Waals surface area contributed by atoms with E-state index in [1.54, 1.807) is 11.1 Å². The third-order valence-electron chi connectivity index (χ3n) is 2.58. The molecule has 1 aliphatic heterocycles. The molecule has 1 unspecified atom stereocenters. The molecule has 5 heteroatoms. The number of hydrogen-bond donors (Lipinski definition) is 0. The average Bonchev–Trinajstić information content (AvgIpc) is 2.14. The molecule has 0 aliphatic carbocycles.